The molecule has 9 aromatic rings. The molecule has 2 aliphatic carbocycles. The minimum atomic E-state index is -0.0438. The molecule has 0 radical (unpaired) electrons. The molecule has 0 fully saturated rings. The molecule has 5 heteroatoms. The first-order valence-corrected chi connectivity index (χ1v) is 20.0. The van der Waals surface area contributed by atoms with Gasteiger partial charge in [0.25, 0.3) is 0 Å². The lowest BCUT2D eigenvalue weighted by Gasteiger charge is -2.19. The molecule has 2 aromatic heterocycles. The summed E-state index contributed by atoms with van der Waals surface area (Å²) in [7, 11) is 0. The maximum absolute atomic E-state index is 6.49. The lowest BCUT2D eigenvalue weighted by atomic mass is 9.87. The smallest absolute Gasteiger partial charge is 0.164 e. The second kappa shape index (κ2) is 13.1. The first kappa shape index (κ1) is 32.8. The van der Waals surface area contributed by atoms with Gasteiger partial charge in [-0.15, -0.1) is 0 Å². The van der Waals surface area contributed by atoms with Crippen LogP contribution < -0.4 is 15.2 Å². The number of fused-ring (bicyclic) bond motifs is 8. The van der Waals surface area contributed by atoms with Crippen LogP contribution in [0.5, 0.6) is 5.75 Å². The van der Waals surface area contributed by atoms with E-state index in [0.29, 0.717) is 17.5 Å². The number of ether oxygens (including phenoxy) is 1. The van der Waals surface area contributed by atoms with Crippen LogP contribution >= 0.6 is 0 Å². The SMILES string of the molecule is C1=CC2Oc3cccc(-c4nc(C5=c6ccccc6=C(c6cccc7oc8ccc(-c9ccccc9)cc8c67)CC5)nc(-c5ccc6ccccc6c5)n4)c3C2C=C1. The van der Waals surface area contributed by atoms with E-state index in [2.05, 4.69) is 170 Å². The predicted molar refractivity (Wildman–Crippen MR) is 233 cm³/mol. The normalized spacial score (nSPS) is 16.8. The van der Waals surface area contributed by atoms with Crippen LogP contribution in [-0.4, -0.2) is 21.1 Å². The molecule has 2 atom stereocenters. The Morgan fingerprint density at radius 1 is 0.483 bits per heavy atom. The van der Waals surface area contributed by atoms with Crippen molar-refractivity contribution in [2.24, 2.45) is 0 Å². The third kappa shape index (κ3) is 5.27. The number of benzene rings is 7. The van der Waals surface area contributed by atoms with Crippen LogP contribution in [0.15, 0.2) is 180 Å². The van der Waals surface area contributed by atoms with Gasteiger partial charge in [-0.3, -0.25) is 0 Å². The third-order valence-corrected chi connectivity index (χ3v) is 12.0. The maximum Gasteiger partial charge on any atom is 0.164 e. The Labute approximate surface area is 334 Å². The minimum Gasteiger partial charge on any atom is -0.485 e. The van der Waals surface area contributed by atoms with E-state index in [-0.39, 0.29) is 12.0 Å². The number of rotatable bonds is 5. The molecule has 3 heterocycles. The van der Waals surface area contributed by atoms with E-state index < -0.39 is 0 Å². The Balaban J connectivity index is 1.09. The van der Waals surface area contributed by atoms with Crippen molar-refractivity contribution in [3.8, 4) is 39.7 Å². The van der Waals surface area contributed by atoms with Gasteiger partial charge in [-0.1, -0.05) is 140 Å². The summed E-state index contributed by atoms with van der Waals surface area (Å²) in [4.78, 5) is 15.9. The Morgan fingerprint density at radius 3 is 2.12 bits per heavy atom. The molecule has 0 saturated heterocycles. The Morgan fingerprint density at radius 2 is 1.21 bits per heavy atom. The van der Waals surface area contributed by atoms with E-state index in [4.69, 9.17) is 24.1 Å². The van der Waals surface area contributed by atoms with Gasteiger partial charge in [0.2, 0.25) is 0 Å². The fourth-order valence-corrected chi connectivity index (χ4v) is 9.31. The third-order valence-electron chi connectivity index (χ3n) is 12.0. The molecule has 5 nitrogen and oxygen atoms in total. The van der Waals surface area contributed by atoms with Crippen molar-refractivity contribution >= 4 is 43.9 Å². The van der Waals surface area contributed by atoms with E-state index in [1.807, 2.05) is 6.07 Å². The zero-order valence-electron chi connectivity index (χ0n) is 31.5. The van der Waals surface area contributed by atoms with Crippen molar-refractivity contribution in [1.29, 1.82) is 0 Å². The molecule has 2 unspecified atom stereocenters. The fraction of sp³-hybridized carbons (Fsp3) is 0.0755. The number of furan rings is 1. The van der Waals surface area contributed by atoms with Crippen LogP contribution in [0.25, 0.3) is 77.8 Å². The number of aromatic nitrogens is 3. The number of hydrogen-bond acceptors (Lipinski definition) is 5. The van der Waals surface area contributed by atoms with Gasteiger partial charge < -0.3 is 9.15 Å². The van der Waals surface area contributed by atoms with E-state index in [1.54, 1.807) is 0 Å². The monoisotopic (exact) mass is 745 g/mol. The summed E-state index contributed by atoms with van der Waals surface area (Å²) >= 11 is 0. The maximum atomic E-state index is 6.49. The molecule has 58 heavy (non-hydrogen) atoms. The van der Waals surface area contributed by atoms with Crippen molar-refractivity contribution < 1.29 is 9.15 Å². The zero-order chi connectivity index (χ0) is 38.2. The van der Waals surface area contributed by atoms with E-state index in [9.17, 15) is 0 Å². The summed E-state index contributed by atoms with van der Waals surface area (Å²) < 4.78 is 12.9. The van der Waals surface area contributed by atoms with Crippen LogP contribution in [-0.2, 0) is 0 Å². The standard InChI is InChI=1S/C53H35N3O2/c1-2-12-32(13-3-1)35-26-29-46-44(31-35)49-40(19-10-22-47(49)58-46)39-27-28-41(38-17-7-6-16-37(38)39)52-54-51(36-25-24-33-14-4-5-15-34(33)30-36)55-53(56-52)43-20-11-23-48-50(43)42-18-8-9-21-45(42)57-48/h1-26,29-31,42,45H,27-28H2. The predicted octanol–water partition coefficient (Wildman–Crippen LogP) is 11.1. The highest BCUT2D eigenvalue weighted by molar-refractivity contribution is 6.11. The number of hydrogen-bond donors (Lipinski definition) is 0. The van der Waals surface area contributed by atoms with Crippen molar-refractivity contribution in [2.45, 2.75) is 24.9 Å². The Kier molecular flexibility index (Phi) is 7.42. The van der Waals surface area contributed by atoms with E-state index in [0.717, 1.165) is 73.4 Å². The fourth-order valence-electron chi connectivity index (χ4n) is 9.31. The van der Waals surface area contributed by atoms with Crippen LogP contribution in [0.1, 0.15) is 35.7 Å². The van der Waals surface area contributed by atoms with Gasteiger partial charge in [0.1, 0.15) is 23.0 Å². The number of allylic oxidation sites excluding steroid dienone is 2. The Bertz CT molecular complexity index is 3340. The molecule has 0 amide bonds. The van der Waals surface area contributed by atoms with Gasteiger partial charge in [-0.25, -0.2) is 15.0 Å². The molecule has 0 bridgehead atoms. The second-order valence-corrected chi connectivity index (χ2v) is 15.3. The average Bonchev–Trinajstić information content (AvgIpc) is 3.87. The topological polar surface area (TPSA) is 61.0 Å². The zero-order valence-corrected chi connectivity index (χ0v) is 31.5. The van der Waals surface area contributed by atoms with E-state index in [1.165, 1.54) is 32.9 Å². The molecule has 12 rings (SSSR count). The first-order chi connectivity index (χ1) is 28.7. The van der Waals surface area contributed by atoms with Crippen LogP contribution in [0.3, 0.4) is 0 Å². The van der Waals surface area contributed by atoms with Gasteiger partial charge >= 0.3 is 0 Å². The summed E-state index contributed by atoms with van der Waals surface area (Å²) in [6.07, 6.45) is 10.1. The van der Waals surface area contributed by atoms with Crippen LogP contribution in [0.2, 0.25) is 0 Å². The van der Waals surface area contributed by atoms with Crippen molar-refractivity contribution in [2.75, 3.05) is 0 Å². The van der Waals surface area contributed by atoms with Gasteiger partial charge in [-0.2, -0.15) is 0 Å². The summed E-state index contributed by atoms with van der Waals surface area (Å²) in [6, 6.07) is 53.4. The van der Waals surface area contributed by atoms with Crippen molar-refractivity contribution in [3.63, 3.8) is 0 Å². The van der Waals surface area contributed by atoms with Crippen molar-refractivity contribution in [1.82, 2.24) is 15.0 Å². The van der Waals surface area contributed by atoms with Gasteiger partial charge in [0.15, 0.2) is 17.5 Å². The highest BCUT2D eigenvalue weighted by atomic mass is 16.5. The lowest BCUT2D eigenvalue weighted by Crippen LogP contribution is -2.33. The molecule has 1 aliphatic heterocycles. The van der Waals surface area contributed by atoms with Crippen LogP contribution in [0.4, 0.5) is 0 Å². The molecule has 274 valence electrons. The lowest BCUT2D eigenvalue weighted by molar-refractivity contribution is 0.269. The molecule has 0 N–H and O–H groups in total. The highest BCUT2D eigenvalue weighted by Crippen LogP contribution is 2.46. The summed E-state index contributed by atoms with van der Waals surface area (Å²) in [5.74, 6) is 2.98. The van der Waals surface area contributed by atoms with Gasteiger partial charge in [-0.05, 0) is 92.7 Å². The number of nitrogens with zero attached hydrogens (tertiary/aromatic N) is 3. The van der Waals surface area contributed by atoms with E-state index >= 15 is 0 Å². The molecular formula is C53H35N3O2. The second-order valence-electron chi connectivity index (χ2n) is 15.3. The van der Waals surface area contributed by atoms with Gasteiger partial charge in [0, 0.05) is 39.0 Å². The molecule has 3 aliphatic rings. The average molecular weight is 746 g/mol. The summed E-state index contributed by atoms with van der Waals surface area (Å²) in [5.41, 5.74) is 10.8. The highest BCUT2D eigenvalue weighted by Gasteiger charge is 2.35. The van der Waals surface area contributed by atoms with Crippen molar-refractivity contribution in [3.05, 3.63) is 203 Å². The van der Waals surface area contributed by atoms with Gasteiger partial charge in [0.05, 0.1) is 0 Å². The summed E-state index contributed by atoms with van der Waals surface area (Å²) in [5, 5.41) is 6.93. The molecular weight excluding hydrogens is 711 g/mol. The summed E-state index contributed by atoms with van der Waals surface area (Å²) in [6.45, 7) is 0. The molecule has 0 saturated carbocycles. The molecule has 7 aromatic carbocycles. The minimum absolute atomic E-state index is 0.0438. The largest absolute Gasteiger partial charge is 0.485 e. The quantitative estimate of drug-likeness (QED) is 0.176. The van der Waals surface area contributed by atoms with Crippen LogP contribution in [0, 0.1) is 0 Å². The first-order valence-electron chi connectivity index (χ1n) is 20.0. The molecule has 0 spiro atoms. The Hall–Kier alpha value is -7.37.